The summed E-state index contributed by atoms with van der Waals surface area (Å²) in [5.74, 6) is 0.892. The van der Waals surface area contributed by atoms with Crippen molar-refractivity contribution in [1.82, 2.24) is 24.6 Å². The van der Waals surface area contributed by atoms with Crippen LogP contribution in [-0.4, -0.2) is 56.4 Å². The Morgan fingerprint density at radius 1 is 1.29 bits per heavy atom. The topological polar surface area (TPSA) is 73.9 Å². The first-order chi connectivity index (χ1) is 10.3. The van der Waals surface area contributed by atoms with E-state index in [4.69, 9.17) is 0 Å². The van der Waals surface area contributed by atoms with Crippen LogP contribution in [0.4, 0.5) is 5.82 Å². The molecule has 2 aromatic rings. The van der Waals surface area contributed by atoms with Crippen LogP contribution in [0.3, 0.4) is 0 Å². The molecule has 2 aromatic heterocycles. The minimum Gasteiger partial charge on any atom is -0.352 e. The van der Waals surface area contributed by atoms with E-state index in [2.05, 4.69) is 30.9 Å². The van der Waals surface area contributed by atoms with E-state index in [9.17, 15) is 5.26 Å². The van der Waals surface area contributed by atoms with Crippen molar-refractivity contribution in [3.63, 3.8) is 0 Å². The van der Waals surface area contributed by atoms with Crippen LogP contribution < -0.4 is 4.90 Å². The highest BCUT2D eigenvalue weighted by atomic mass is 15.3. The van der Waals surface area contributed by atoms with Gasteiger partial charge in [-0.3, -0.25) is 9.58 Å². The molecule has 0 bridgehead atoms. The number of nitrogens with zero attached hydrogens (tertiary/aromatic N) is 7. The van der Waals surface area contributed by atoms with E-state index in [1.54, 1.807) is 17.2 Å². The lowest BCUT2D eigenvalue weighted by atomic mass is 10.1. The second kappa shape index (κ2) is 4.67. The average Bonchev–Trinajstić information content (AvgIpc) is 3.30. The van der Waals surface area contributed by atoms with Gasteiger partial charge in [0, 0.05) is 32.7 Å². The third-order valence-electron chi connectivity index (χ3n) is 4.39. The molecule has 0 radical (unpaired) electrons. The van der Waals surface area contributed by atoms with Crippen molar-refractivity contribution in [2.45, 2.75) is 24.9 Å². The zero-order chi connectivity index (χ0) is 14.4. The fraction of sp³-hybridized carbons (Fsp3) is 0.571. The molecule has 4 rings (SSSR count). The van der Waals surface area contributed by atoms with E-state index in [0.717, 1.165) is 29.9 Å². The standard InChI is InChI=1S/C14H17N7/c1-19-13-12(7-18-19)14(17-9-16-13)20-4-5-21(10-2-3-10)11(6-15)8-20/h7,9-11H,2-5,8H2,1H3. The Morgan fingerprint density at radius 2 is 2.14 bits per heavy atom. The van der Waals surface area contributed by atoms with Gasteiger partial charge in [-0.05, 0) is 12.8 Å². The van der Waals surface area contributed by atoms with Crippen molar-refractivity contribution in [2.75, 3.05) is 24.5 Å². The molecule has 1 saturated carbocycles. The third kappa shape index (κ3) is 2.03. The Hall–Kier alpha value is -2.20. The van der Waals surface area contributed by atoms with Gasteiger partial charge in [0.25, 0.3) is 0 Å². The SMILES string of the molecule is Cn1ncc2c(N3CCN(C4CC4)C(C#N)C3)ncnc21. The van der Waals surface area contributed by atoms with Crippen molar-refractivity contribution in [1.29, 1.82) is 5.26 Å². The number of piperazine rings is 1. The number of nitriles is 1. The number of aryl methyl sites for hydroxylation is 1. The second-order valence-electron chi connectivity index (χ2n) is 5.76. The van der Waals surface area contributed by atoms with E-state index in [1.165, 1.54) is 12.8 Å². The highest BCUT2D eigenvalue weighted by Gasteiger charge is 2.38. The second-order valence-corrected chi connectivity index (χ2v) is 5.76. The van der Waals surface area contributed by atoms with Crippen LogP contribution in [0.25, 0.3) is 11.0 Å². The molecule has 108 valence electrons. The first-order valence-corrected chi connectivity index (χ1v) is 7.31. The number of fused-ring (bicyclic) bond motifs is 1. The minimum absolute atomic E-state index is 0.0482. The monoisotopic (exact) mass is 283 g/mol. The first kappa shape index (κ1) is 12.5. The predicted molar refractivity (Wildman–Crippen MR) is 77.6 cm³/mol. The zero-order valence-corrected chi connectivity index (χ0v) is 12.0. The Bertz CT molecular complexity index is 712. The quantitative estimate of drug-likeness (QED) is 0.801. The van der Waals surface area contributed by atoms with Crippen LogP contribution in [0.5, 0.6) is 0 Å². The van der Waals surface area contributed by atoms with Gasteiger partial charge in [0.15, 0.2) is 5.65 Å². The molecule has 0 aromatic carbocycles. The van der Waals surface area contributed by atoms with Gasteiger partial charge in [-0.25, -0.2) is 9.97 Å². The van der Waals surface area contributed by atoms with Gasteiger partial charge in [-0.15, -0.1) is 0 Å². The summed E-state index contributed by atoms with van der Waals surface area (Å²) in [6.45, 7) is 2.53. The third-order valence-corrected chi connectivity index (χ3v) is 4.39. The Balaban J connectivity index is 1.65. The van der Waals surface area contributed by atoms with E-state index in [0.29, 0.717) is 12.6 Å². The van der Waals surface area contributed by atoms with Crippen molar-refractivity contribution in [3.05, 3.63) is 12.5 Å². The number of hydrogen-bond donors (Lipinski definition) is 0. The van der Waals surface area contributed by atoms with Crippen LogP contribution in [0.1, 0.15) is 12.8 Å². The molecular weight excluding hydrogens is 266 g/mol. The van der Waals surface area contributed by atoms with Crippen molar-refractivity contribution < 1.29 is 0 Å². The summed E-state index contributed by atoms with van der Waals surface area (Å²) in [5.41, 5.74) is 0.832. The highest BCUT2D eigenvalue weighted by Crippen LogP contribution is 2.32. The van der Waals surface area contributed by atoms with E-state index < -0.39 is 0 Å². The molecule has 2 fully saturated rings. The largest absolute Gasteiger partial charge is 0.352 e. The van der Waals surface area contributed by atoms with Gasteiger partial charge in [0.05, 0.1) is 17.7 Å². The summed E-state index contributed by atoms with van der Waals surface area (Å²) in [7, 11) is 1.88. The van der Waals surface area contributed by atoms with Crippen LogP contribution >= 0.6 is 0 Å². The van der Waals surface area contributed by atoms with Crippen molar-refractivity contribution >= 4 is 16.9 Å². The Labute approximate surface area is 122 Å². The molecule has 2 aliphatic rings. The van der Waals surface area contributed by atoms with Crippen LogP contribution in [0, 0.1) is 11.3 Å². The Kier molecular flexibility index (Phi) is 2.79. The maximum Gasteiger partial charge on any atom is 0.163 e. The zero-order valence-electron chi connectivity index (χ0n) is 12.0. The number of rotatable bonds is 2. The lowest BCUT2D eigenvalue weighted by Gasteiger charge is -2.39. The molecule has 3 heterocycles. The van der Waals surface area contributed by atoms with Gasteiger partial charge >= 0.3 is 0 Å². The molecule has 1 saturated heterocycles. The first-order valence-electron chi connectivity index (χ1n) is 7.31. The Morgan fingerprint density at radius 3 is 2.90 bits per heavy atom. The van der Waals surface area contributed by atoms with Crippen LogP contribution in [0.2, 0.25) is 0 Å². The molecule has 1 unspecified atom stereocenters. The lowest BCUT2D eigenvalue weighted by Crippen LogP contribution is -2.53. The summed E-state index contributed by atoms with van der Waals surface area (Å²) < 4.78 is 1.75. The predicted octanol–water partition coefficient (Wildman–Crippen LogP) is 0.540. The maximum atomic E-state index is 9.45. The van der Waals surface area contributed by atoms with Gasteiger partial charge in [-0.2, -0.15) is 10.4 Å². The summed E-state index contributed by atoms with van der Waals surface area (Å²) in [4.78, 5) is 13.2. The van der Waals surface area contributed by atoms with E-state index >= 15 is 0 Å². The van der Waals surface area contributed by atoms with Crippen molar-refractivity contribution in [2.24, 2.45) is 7.05 Å². The average molecular weight is 283 g/mol. The molecule has 21 heavy (non-hydrogen) atoms. The minimum atomic E-state index is -0.0482. The lowest BCUT2D eigenvalue weighted by molar-refractivity contribution is 0.203. The molecule has 0 amide bonds. The van der Waals surface area contributed by atoms with E-state index in [1.807, 2.05) is 7.05 Å². The molecule has 0 spiro atoms. The molecule has 1 atom stereocenters. The van der Waals surface area contributed by atoms with Gasteiger partial charge in [-0.1, -0.05) is 0 Å². The smallest absolute Gasteiger partial charge is 0.163 e. The van der Waals surface area contributed by atoms with Crippen molar-refractivity contribution in [3.8, 4) is 6.07 Å². The maximum absolute atomic E-state index is 9.45. The molecule has 0 N–H and O–H groups in total. The van der Waals surface area contributed by atoms with Crippen LogP contribution in [-0.2, 0) is 7.05 Å². The van der Waals surface area contributed by atoms with Gasteiger partial charge in [0.2, 0.25) is 0 Å². The number of anilines is 1. The molecule has 7 nitrogen and oxygen atoms in total. The summed E-state index contributed by atoms with van der Waals surface area (Å²) >= 11 is 0. The number of hydrogen-bond acceptors (Lipinski definition) is 6. The van der Waals surface area contributed by atoms with Gasteiger partial charge < -0.3 is 4.90 Å². The summed E-state index contributed by atoms with van der Waals surface area (Å²) in [6, 6.07) is 3.03. The molecule has 7 heteroatoms. The summed E-state index contributed by atoms with van der Waals surface area (Å²) in [6.07, 6.45) is 5.85. The number of aromatic nitrogens is 4. The van der Waals surface area contributed by atoms with Gasteiger partial charge in [0.1, 0.15) is 18.2 Å². The fourth-order valence-corrected chi connectivity index (χ4v) is 3.15. The molecule has 1 aliphatic heterocycles. The fourth-order valence-electron chi connectivity index (χ4n) is 3.15. The molecular formula is C14H17N7. The van der Waals surface area contributed by atoms with Crippen LogP contribution in [0.15, 0.2) is 12.5 Å². The van der Waals surface area contributed by atoms with E-state index in [-0.39, 0.29) is 6.04 Å². The normalized spacial score (nSPS) is 23.4. The highest BCUT2D eigenvalue weighted by molar-refractivity contribution is 5.86. The summed E-state index contributed by atoms with van der Waals surface area (Å²) in [5, 5.41) is 14.7. The molecule has 1 aliphatic carbocycles.